The van der Waals surface area contributed by atoms with Crippen LogP contribution in [0.1, 0.15) is 12.8 Å². The number of ether oxygens (including phenoxy) is 1. The maximum atomic E-state index is 12.4. The average Bonchev–Trinajstić information content (AvgIpc) is 3.11. The summed E-state index contributed by atoms with van der Waals surface area (Å²) in [5.41, 5.74) is 0. The lowest BCUT2D eigenvalue weighted by Gasteiger charge is -2.36. The molecule has 2 heterocycles. The fraction of sp³-hybridized carbons (Fsp3) is 0.375. The molecule has 1 saturated heterocycles. The van der Waals surface area contributed by atoms with Crippen molar-refractivity contribution in [1.82, 2.24) is 4.72 Å². The van der Waals surface area contributed by atoms with Crippen molar-refractivity contribution in [2.75, 3.05) is 19.8 Å². The second-order valence-corrected chi connectivity index (χ2v) is 9.95. The summed E-state index contributed by atoms with van der Waals surface area (Å²) >= 11 is 2.98. The molecule has 1 fully saturated rings. The number of nitrogens with one attached hydrogen (secondary N) is 1. The molecular formula is C16H19NO3S3. The van der Waals surface area contributed by atoms with Crippen molar-refractivity contribution in [2.45, 2.75) is 26.7 Å². The van der Waals surface area contributed by atoms with Gasteiger partial charge in [-0.25, -0.2) is 13.1 Å². The van der Waals surface area contributed by atoms with E-state index in [4.69, 9.17) is 4.74 Å². The van der Waals surface area contributed by atoms with Gasteiger partial charge in [-0.05, 0) is 36.4 Å². The predicted molar refractivity (Wildman–Crippen MR) is 94.6 cm³/mol. The molecule has 0 bridgehead atoms. The van der Waals surface area contributed by atoms with Gasteiger partial charge in [0, 0.05) is 29.4 Å². The van der Waals surface area contributed by atoms with E-state index in [0.29, 0.717) is 24.0 Å². The van der Waals surface area contributed by atoms with Crippen LogP contribution in [-0.2, 0) is 14.8 Å². The highest BCUT2D eigenvalue weighted by Gasteiger charge is 2.35. The van der Waals surface area contributed by atoms with Crippen molar-refractivity contribution < 1.29 is 13.2 Å². The van der Waals surface area contributed by atoms with Crippen molar-refractivity contribution >= 4 is 33.1 Å². The SMILES string of the molecule is O=S(=O)(NCC1(Sc2ccccc2)CCOCC1)c1cccs1. The van der Waals surface area contributed by atoms with E-state index >= 15 is 0 Å². The fourth-order valence-corrected chi connectivity index (χ4v) is 6.08. The van der Waals surface area contributed by atoms with Crippen LogP contribution in [0.3, 0.4) is 0 Å². The van der Waals surface area contributed by atoms with E-state index in [-0.39, 0.29) is 4.75 Å². The molecule has 2 aromatic rings. The Morgan fingerprint density at radius 2 is 1.87 bits per heavy atom. The van der Waals surface area contributed by atoms with Gasteiger partial charge in [-0.15, -0.1) is 23.1 Å². The van der Waals surface area contributed by atoms with Gasteiger partial charge < -0.3 is 4.74 Å². The van der Waals surface area contributed by atoms with Crippen LogP contribution in [0.5, 0.6) is 0 Å². The van der Waals surface area contributed by atoms with Crippen LogP contribution >= 0.6 is 23.1 Å². The molecule has 4 nitrogen and oxygen atoms in total. The van der Waals surface area contributed by atoms with E-state index in [0.717, 1.165) is 17.7 Å². The van der Waals surface area contributed by atoms with Gasteiger partial charge in [0.15, 0.2) is 0 Å². The summed E-state index contributed by atoms with van der Waals surface area (Å²) in [5, 5.41) is 1.78. The molecule has 0 amide bonds. The van der Waals surface area contributed by atoms with E-state index in [1.54, 1.807) is 29.3 Å². The first-order chi connectivity index (χ1) is 11.1. The first-order valence-corrected chi connectivity index (χ1v) is 10.6. The molecule has 0 radical (unpaired) electrons. The van der Waals surface area contributed by atoms with Crippen LogP contribution in [-0.4, -0.2) is 32.9 Å². The Morgan fingerprint density at radius 3 is 2.52 bits per heavy atom. The van der Waals surface area contributed by atoms with E-state index < -0.39 is 10.0 Å². The lowest BCUT2D eigenvalue weighted by molar-refractivity contribution is 0.0784. The maximum absolute atomic E-state index is 12.4. The summed E-state index contributed by atoms with van der Waals surface area (Å²) in [6.07, 6.45) is 1.67. The first-order valence-electron chi connectivity index (χ1n) is 7.45. The van der Waals surface area contributed by atoms with Gasteiger partial charge in [0.25, 0.3) is 0 Å². The lowest BCUT2D eigenvalue weighted by Crippen LogP contribution is -2.44. The standard InChI is InChI=1S/C16H19NO3S3/c18-23(19,15-7-4-12-21-15)17-13-16(8-10-20-11-9-16)22-14-5-2-1-3-6-14/h1-7,12,17H,8-11,13H2. The zero-order chi connectivity index (χ0) is 16.2. The molecule has 1 aromatic heterocycles. The Morgan fingerprint density at radius 1 is 1.13 bits per heavy atom. The van der Waals surface area contributed by atoms with Crippen molar-refractivity contribution in [2.24, 2.45) is 0 Å². The lowest BCUT2D eigenvalue weighted by atomic mass is 9.99. The highest BCUT2D eigenvalue weighted by Crippen LogP contribution is 2.40. The highest BCUT2D eigenvalue weighted by atomic mass is 32.2. The smallest absolute Gasteiger partial charge is 0.250 e. The number of hydrogen-bond acceptors (Lipinski definition) is 5. The Labute approximate surface area is 145 Å². The van der Waals surface area contributed by atoms with Crippen molar-refractivity contribution in [3.8, 4) is 0 Å². The van der Waals surface area contributed by atoms with Gasteiger partial charge in [-0.1, -0.05) is 24.3 Å². The van der Waals surface area contributed by atoms with Crippen LogP contribution in [0.4, 0.5) is 0 Å². The monoisotopic (exact) mass is 369 g/mol. The predicted octanol–water partition coefficient (Wildman–Crippen LogP) is 3.37. The molecule has 0 spiro atoms. The Hall–Kier alpha value is -0.860. The summed E-state index contributed by atoms with van der Waals surface area (Å²) in [5.74, 6) is 0. The molecule has 124 valence electrons. The number of rotatable bonds is 6. The van der Waals surface area contributed by atoms with Crippen LogP contribution in [0.2, 0.25) is 0 Å². The van der Waals surface area contributed by atoms with Crippen LogP contribution < -0.4 is 4.72 Å². The molecule has 0 atom stereocenters. The van der Waals surface area contributed by atoms with Gasteiger partial charge in [0.2, 0.25) is 10.0 Å². The van der Waals surface area contributed by atoms with Gasteiger partial charge in [-0.3, -0.25) is 0 Å². The normalized spacial score (nSPS) is 17.9. The van der Waals surface area contributed by atoms with Crippen molar-refractivity contribution in [3.63, 3.8) is 0 Å². The number of sulfonamides is 1. The number of thioether (sulfide) groups is 1. The van der Waals surface area contributed by atoms with Gasteiger partial charge in [0.05, 0.1) is 0 Å². The van der Waals surface area contributed by atoms with Crippen molar-refractivity contribution in [1.29, 1.82) is 0 Å². The zero-order valence-electron chi connectivity index (χ0n) is 12.6. The number of hydrogen-bond donors (Lipinski definition) is 1. The summed E-state index contributed by atoms with van der Waals surface area (Å²) in [7, 11) is -3.43. The van der Waals surface area contributed by atoms with Crippen LogP contribution in [0.25, 0.3) is 0 Å². The molecule has 1 aliphatic rings. The third-order valence-corrected chi connectivity index (χ3v) is 8.12. The second-order valence-electron chi connectivity index (χ2n) is 5.47. The maximum Gasteiger partial charge on any atom is 0.250 e. The van der Waals surface area contributed by atoms with E-state index in [2.05, 4.69) is 16.9 Å². The number of thiophene rings is 1. The van der Waals surface area contributed by atoms with Gasteiger partial charge >= 0.3 is 0 Å². The zero-order valence-corrected chi connectivity index (χ0v) is 15.1. The van der Waals surface area contributed by atoms with Crippen molar-refractivity contribution in [3.05, 3.63) is 47.8 Å². The molecule has 23 heavy (non-hydrogen) atoms. The first kappa shape index (κ1) is 17.0. The highest BCUT2D eigenvalue weighted by molar-refractivity contribution is 8.00. The van der Waals surface area contributed by atoms with E-state index in [1.165, 1.54) is 11.3 Å². The van der Waals surface area contributed by atoms with Gasteiger partial charge in [-0.2, -0.15) is 0 Å². The van der Waals surface area contributed by atoms with E-state index in [9.17, 15) is 8.42 Å². The Balaban J connectivity index is 1.74. The molecule has 1 aliphatic heterocycles. The van der Waals surface area contributed by atoms with E-state index in [1.807, 2.05) is 18.2 Å². The minimum Gasteiger partial charge on any atom is -0.381 e. The quantitative estimate of drug-likeness (QED) is 0.848. The number of benzene rings is 1. The fourth-order valence-electron chi connectivity index (χ4n) is 2.51. The molecule has 0 saturated carbocycles. The summed E-state index contributed by atoms with van der Waals surface area (Å²) in [6.45, 7) is 1.75. The third kappa shape index (κ3) is 4.36. The molecule has 3 rings (SSSR count). The molecule has 0 unspecified atom stereocenters. The minimum atomic E-state index is -3.43. The second kappa shape index (κ2) is 7.36. The summed E-state index contributed by atoms with van der Waals surface area (Å²) < 4.78 is 33.3. The van der Waals surface area contributed by atoms with Gasteiger partial charge in [0.1, 0.15) is 4.21 Å². The largest absolute Gasteiger partial charge is 0.381 e. The summed E-state index contributed by atoms with van der Waals surface area (Å²) in [4.78, 5) is 1.16. The minimum absolute atomic E-state index is 0.163. The molecule has 1 N–H and O–H groups in total. The Kier molecular flexibility index (Phi) is 5.43. The van der Waals surface area contributed by atoms with Crippen LogP contribution in [0.15, 0.2) is 56.9 Å². The molecular weight excluding hydrogens is 350 g/mol. The van der Waals surface area contributed by atoms with Crippen LogP contribution in [0, 0.1) is 0 Å². The topological polar surface area (TPSA) is 55.4 Å². The Bertz CT molecular complexity index is 708. The average molecular weight is 370 g/mol. The molecule has 7 heteroatoms. The third-order valence-electron chi connectivity index (χ3n) is 3.83. The summed E-state index contributed by atoms with van der Waals surface area (Å²) in [6, 6.07) is 13.5. The molecule has 0 aliphatic carbocycles. The molecule has 1 aromatic carbocycles.